The summed E-state index contributed by atoms with van der Waals surface area (Å²) in [5.41, 5.74) is 0. The molecule has 0 aromatic heterocycles. The minimum absolute atomic E-state index is 0. The zero-order chi connectivity index (χ0) is 8.57. The van der Waals surface area contributed by atoms with E-state index in [2.05, 4.69) is 46.5 Å². The minimum atomic E-state index is 0. The monoisotopic (exact) mass is 149 g/mol. The van der Waals surface area contributed by atoms with Crippen molar-refractivity contribution < 1.29 is 18.9 Å². The first kappa shape index (κ1) is 17.3. The fourth-order valence-corrected chi connectivity index (χ4v) is 0.667. The first-order valence-electron chi connectivity index (χ1n) is 3.70. The fraction of sp³-hybridized carbons (Fsp3) is 0.667. The van der Waals surface area contributed by atoms with Crippen LogP contribution in [-0.2, 0) is 0 Å². The average Bonchev–Trinajstić information content (AvgIpc) is 1.62. The smallest absolute Gasteiger partial charge is 0.312 e. The molecule has 0 aliphatic carbocycles. The predicted molar refractivity (Wildman–Crippen MR) is 49.0 cm³/mol. The minimum Gasteiger partial charge on any atom is -0.312 e. The number of allylic oxidation sites excluding steroid dienone is 1. The van der Waals surface area contributed by atoms with Gasteiger partial charge in [-0.2, -0.15) is 0 Å². The second-order valence-electron chi connectivity index (χ2n) is 2.76. The molecule has 0 aromatic carbocycles. The van der Waals surface area contributed by atoms with E-state index in [4.69, 9.17) is 0 Å². The zero-order valence-electron chi connectivity index (χ0n) is 8.65. The van der Waals surface area contributed by atoms with Crippen LogP contribution in [0.4, 0.5) is 0 Å². The van der Waals surface area contributed by atoms with Gasteiger partial charge in [-0.3, -0.25) is 0 Å². The van der Waals surface area contributed by atoms with Crippen LogP contribution in [0.2, 0.25) is 0 Å². The van der Waals surface area contributed by atoms with Gasteiger partial charge in [-0.05, 0) is 0 Å². The molecule has 1 N–H and O–H groups in total. The molecular weight excluding hydrogens is 129 g/mol. The topological polar surface area (TPSA) is 12.0 Å². The Balaban J connectivity index is -0.000000140. The van der Waals surface area contributed by atoms with Gasteiger partial charge in [-0.15, -0.1) is 0 Å². The van der Waals surface area contributed by atoms with Crippen molar-refractivity contribution in [1.82, 2.24) is 5.32 Å². The third kappa shape index (κ3) is 39.1. The average molecular weight is 149 g/mol. The Hall–Kier alpha value is 0.167. The predicted octanol–water partition coefficient (Wildman–Crippen LogP) is -0.597. The van der Waals surface area contributed by atoms with E-state index in [-0.39, 0.29) is 18.9 Å². The number of rotatable bonds is 2. The quantitative estimate of drug-likeness (QED) is 0.408. The van der Waals surface area contributed by atoms with Gasteiger partial charge in [0.2, 0.25) is 0 Å². The van der Waals surface area contributed by atoms with Crippen LogP contribution in [0.1, 0.15) is 27.7 Å². The molecule has 0 aromatic rings. The van der Waals surface area contributed by atoms with E-state index in [1.54, 1.807) is 0 Å². The van der Waals surface area contributed by atoms with Crippen molar-refractivity contribution in [3.05, 3.63) is 19.6 Å². The molecule has 0 atom stereocenters. The number of hydrogen-bond acceptors (Lipinski definition) is 1. The maximum absolute atomic E-state index is 3.31. The molecule has 2 heteroatoms. The van der Waals surface area contributed by atoms with Crippen molar-refractivity contribution in [1.29, 1.82) is 0 Å². The van der Waals surface area contributed by atoms with E-state index >= 15 is 0 Å². The summed E-state index contributed by atoms with van der Waals surface area (Å²) < 4.78 is 0. The Labute approximate surface area is 83.8 Å². The molecule has 0 aliphatic heterocycles. The summed E-state index contributed by atoms with van der Waals surface area (Å²) in [4.78, 5) is 0. The second-order valence-corrected chi connectivity index (χ2v) is 2.76. The van der Waals surface area contributed by atoms with Crippen molar-refractivity contribution in [2.24, 2.45) is 0 Å². The molecule has 62 valence electrons. The third-order valence-electron chi connectivity index (χ3n) is 0.667. The summed E-state index contributed by atoms with van der Waals surface area (Å²) in [5, 5.41) is 3.31. The van der Waals surface area contributed by atoms with E-state index in [0.717, 1.165) is 0 Å². The van der Waals surface area contributed by atoms with Gasteiger partial charge in [-0.25, -0.2) is 19.6 Å². The summed E-state index contributed by atoms with van der Waals surface area (Å²) in [6.07, 6.45) is 1.50. The van der Waals surface area contributed by atoms with Crippen LogP contribution >= 0.6 is 0 Å². The zero-order valence-corrected chi connectivity index (χ0v) is 8.65. The first-order valence-corrected chi connectivity index (χ1v) is 3.70. The van der Waals surface area contributed by atoms with E-state index < -0.39 is 0 Å². The van der Waals surface area contributed by atoms with Crippen LogP contribution < -0.4 is 24.2 Å². The SMILES string of the molecule is C=C[CH2-].CC(C)NC(C)C.[Li+]. The van der Waals surface area contributed by atoms with Gasteiger partial charge in [0.05, 0.1) is 0 Å². The molecule has 0 unspecified atom stereocenters. The molecule has 0 spiro atoms. The van der Waals surface area contributed by atoms with Gasteiger partial charge in [0, 0.05) is 12.1 Å². The third-order valence-corrected chi connectivity index (χ3v) is 0.667. The Morgan fingerprint density at radius 3 is 1.36 bits per heavy atom. The van der Waals surface area contributed by atoms with Gasteiger partial charge in [0.1, 0.15) is 0 Å². The normalized spacial score (nSPS) is 8.18. The van der Waals surface area contributed by atoms with Crippen molar-refractivity contribution in [2.75, 3.05) is 0 Å². The number of hydrogen-bond donors (Lipinski definition) is 1. The van der Waals surface area contributed by atoms with Crippen molar-refractivity contribution in [2.45, 2.75) is 39.8 Å². The Kier molecular flexibility index (Phi) is 20.2. The summed E-state index contributed by atoms with van der Waals surface area (Å²) in [5.74, 6) is 0. The van der Waals surface area contributed by atoms with Gasteiger partial charge in [0.25, 0.3) is 0 Å². The van der Waals surface area contributed by atoms with Crippen molar-refractivity contribution in [3.8, 4) is 0 Å². The molecule has 0 heterocycles. The van der Waals surface area contributed by atoms with E-state index in [9.17, 15) is 0 Å². The summed E-state index contributed by atoms with van der Waals surface area (Å²) in [6, 6.07) is 1.25. The van der Waals surface area contributed by atoms with Gasteiger partial charge >= 0.3 is 18.9 Å². The van der Waals surface area contributed by atoms with Crippen LogP contribution in [0.3, 0.4) is 0 Å². The van der Waals surface area contributed by atoms with Crippen LogP contribution in [0, 0.1) is 6.92 Å². The molecule has 0 aliphatic rings. The maximum Gasteiger partial charge on any atom is 1.00 e. The molecule has 11 heavy (non-hydrogen) atoms. The molecule has 0 radical (unpaired) electrons. The molecule has 0 fully saturated rings. The van der Waals surface area contributed by atoms with Gasteiger partial charge in [0.15, 0.2) is 0 Å². The number of nitrogens with one attached hydrogen (secondary N) is 1. The fourth-order valence-electron chi connectivity index (χ4n) is 0.667. The van der Waals surface area contributed by atoms with Gasteiger partial charge < -0.3 is 5.32 Å². The summed E-state index contributed by atoms with van der Waals surface area (Å²) >= 11 is 0. The Bertz CT molecular complexity index is 64.0. The molecule has 0 saturated carbocycles. The molecular formula is C9H20LiN. The largest absolute Gasteiger partial charge is 1.00 e. The van der Waals surface area contributed by atoms with Crippen LogP contribution in [-0.4, -0.2) is 12.1 Å². The summed E-state index contributed by atoms with van der Waals surface area (Å²) in [7, 11) is 0. The molecule has 0 saturated heterocycles. The summed E-state index contributed by atoms with van der Waals surface area (Å²) in [6.45, 7) is 15.1. The van der Waals surface area contributed by atoms with Crippen LogP contribution in [0.25, 0.3) is 0 Å². The second kappa shape index (κ2) is 12.8. The van der Waals surface area contributed by atoms with Crippen LogP contribution in [0.5, 0.6) is 0 Å². The van der Waals surface area contributed by atoms with Gasteiger partial charge in [-0.1, -0.05) is 27.7 Å². The Morgan fingerprint density at radius 2 is 1.36 bits per heavy atom. The van der Waals surface area contributed by atoms with Crippen LogP contribution in [0.15, 0.2) is 12.7 Å². The van der Waals surface area contributed by atoms with Crippen molar-refractivity contribution >= 4 is 0 Å². The molecule has 1 nitrogen and oxygen atoms in total. The standard InChI is InChI=1S/C6H15N.C3H5.Li/c1-5(2)7-6(3)4;1-3-2;/h5-7H,1-4H3;3H,1-2H2;/q;-1;+1. The molecule has 0 rings (SSSR count). The van der Waals surface area contributed by atoms with E-state index in [1.807, 2.05) is 0 Å². The van der Waals surface area contributed by atoms with E-state index in [0.29, 0.717) is 12.1 Å². The molecule has 0 bridgehead atoms. The maximum atomic E-state index is 3.31. The van der Waals surface area contributed by atoms with E-state index in [1.165, 1.54) is 6.08 Å². The van der Waals surface area contributed by atoms with Crippen molar-refractivity contribution in [3.63, 3.8) is 0 Å². The first-order chi connectivity index (χ1) is 4.54. The Morgan fingerprint density at radius 1 is 1.18 bits per heavy atom. The molecule has 0 amide bonds.